The molecular formula is C14H18N4O6. The molecule has 0 aromatic heterocycles. The summed E-state index contributed by atoms with van der Waals surface area (Å²) < 4.78 is 9.26. The quantitative estimate of drug-likeness (QED) is 0.344. The number of nitrogens with zero attached hydrogens (tertiary/aromatic N) is 3. The second-order valence-electron chi connectivity index (χ2n) is 4.43. The number of methoxy groups -OCH3 is 1. The number of nitrogens with one attached hydrogen (secondary N) is 1. The first kappa shape index (κ1) is 18.9. The van der Waals surface area contributed by atoms with Crippen LogP contribution in [0.1, 0.15) is 13.8 Å². The van der Waals surface area contributed by atoms with Crippen LogP contribution in [-0.4, -0.2) is 42.6 Å². The molecule has 130 valence electrons. The zero-order chi connectivity index (χ0) is 18.1. The predicted molar refractivity (Wildman–Crippen MR) is 85.0 cm³/mol. The number of hydrazone groups is 1. The number of rotatable bonds is 7. The maximum Gasteiger partial charge on any atom is 0.427 e. The number of hydrogen-bond donors (Lipinski definition) is 1. The zero-order valence-electron chi connectivity index (χ0n) is 13.5. The van der Waals surface area contributed by atoms with Crippen molar-refractivity contribution in [2.75, 3.05) is 18.7 Å². The van der Waals surface area contributed by atoms with Gasteiger partial charge in [-0.3, -0.25) is 0 Å². The van der Waals surface area contributed by atoms with Gasteiger partial charge in [0.2, 0.25) is 6.04 Å². The molecule has 1 aromatic carbocycles. The standard InChI is InChI=1S/C14H18N4O6/c1-4-24-13(19)12(10(2)15-16-14(20)23-3)17(18(21)22)11-8-6-5-7-9-11/h5-9,12H,4H2,1-3H3,(H,16,20). The lowest BCUT2D eigenvalue weighted by Gasteiger charge is -2.22. The van der Waals surface area contributed by atoms with Crippen molar-refractivity contribution in [1.82, 2.24) is 5.43 Å². The molecule has 0 aliphatic heterocycles. The van der Waals surface area contributed by atoms with E-state index in [1.54, 1.807) is 25.1 Å². The van der Waals surface area contributed by atoms with E-state index in [4.69, 9.17) is 4.74 Å². The second-order valence-corrected chi connectivity index (χ2v) is 4.43. The number of carbonyl (C=O) groups is 2. The van der Waals surface area contributed by atoms with Crippen molar-refractivity contribution in [3.63, 3.8) is 0 Å². The maximum atomic E-state index is 12.2. The summed E-state index contributed by atoms with van der Waals surface area (Å²) in [6, 6.07) is 6.34. The molecule has 0 bridgehead atoms. The number of hydrazine groups is 1. The van der Waals surface area contributed by atoms with Gasteiger partial charge in [0.05, 0.1) is 19.4 Å². The van der Waals surface area contributed by atoms with Crippen molar-refractivity contribution in [1.29, 1.82) is 0 Å². The molecule has 10 heteroatoms. The fraction of sp³-hybridized carbons (Fsp3) is 0.357. The first-order valence-corrected chi connectivity index (χ1v) is 6.95. The molecule has 0 aliphatic rings. The minimum Gasteiger partial charge on any atom is -0.464 e. The third kappa shape index (κ3) is 4.93. The van der Waals surface area contributed by atoms with E-state index < -0.39 is 23.1 Å². The predicted octanol–water partition coefficient (Wildman–Crippen LogP) is 1.35. The van der Waals surface area contributed by atoms with E-state index in [0.29, 0.717) is 5.01 Å². The number of amides is 1. The van der Waals surface area contributed by atoms with Gasteiger partial charge >= 0.3 is 12.1 Å². The van der Waals surface area contributed by atoms with Crippen LogP contribution in [0, 0.1) is 10.1 Å². The number of hydrogen-bond acceptors (Lipinski definition) is 7. The fourth-order valence-corrected chi connectivity index (χ4v) is 1.83. The number of para-hydroxylation sites is 1. The van der Waals surface area contributed by atoms with E-state index in [1.807, 2.05) is 5.43 Å². The summed E-state index contributed by atoms with van der Waals surface area (Å²) in [6.45, 7) is 2.97. The van der Waals surface area contributed by atoms with Crippen molar-refractivity contribution in [3.8, 4) is 0 Å². The Morgan fingerprint density at radius 1 is 1.38 bits per heavy atom. The minimum atomic E-state index is -1.46. The van der Waals surface area contributed by atoms with Crippen molar-refractivity contribution in [2.24, 2.45) is 5.10 Å². The number of carbonyl (C=O) groups excluding carboxylic acids is 2. The van der Waals surface area contributed by atoms with Gasteiger partial charge in [-0.05, 0) is 26.0 Å². The third-order valence-electron chi connectivity index (χ3n) is 2.86. The van der Waals surface area contributed by atoms with Crippen LogP contribution in [0.3, 0.4) is 0 Å². The van der Waals surface area contributed by atoms with E-state index in [2.05, 4.69) is 9.84 Å². The SMILES string of the molecule is CCOC(=O)C(C(C)=NNC(=O)OC)N(c1ccccc1)[N+](=O)[O-]. The van der Waals surface area contributed by atoms with Crippen molar-refractivity contribution in [2.45, 2.75) is 19.9 Å². The molecule has 0 saturated carbocycles. The molecule has 0 heterocycles. The van der Waals surface area contributed by atoms with Crippen molar-refractivity contribution in [3.05, 3.63) is 40.4 Å². The van der Waals surface area contributed by atoms with Gasteiger partial charge in [-0.2, -0.15) is 5.10 Å². The summed E-state index contributed by atoms with van der Waals surface area (Å²) >= 11 is 0. The monoisotopic (exact) mass is 338 g/mol. The maximum absolute atomic E-state index is 12.2. The molecule has 1 amide bonds. The smallest absolute Gasteiger partial charge is 0.427 e. The van der Waals surface area contributed by atoms with Crippen LogP contribution in [0.25, 0.3) is 0 Å². The Bertz CT molecular complexity index is 619. The van der Waals surface area contributed by atoms with E-state index in [0.717, 1.165) is 7.11 Å². The summed E-state index contributed by atoms with van der Waals surface area (Å²) in [5.41, 5.74) is 2.14. The van der Waals surface area contributed by atoms with Crippen LogP contribution in [0.5, 0.6) is 0 Å². The lowest BCUT2D eigenvalue weighted by molar-refractivity contribution is -0.496. The second kappa shape index (κ2) is 9.08. The van der Waals surface area contributed by atoms with Crippen LogP contribution in [-0.2, 0) is 14.3 Å². The van der Waals surface area contributed by atoms with Gasteiger partial charge in [0.15, 0.2) is 5.03 Å². The van der Waals surface area contributed by atoms with E-state index >= 15 is 0 Å². The van der Waals surface area contributed by atoms with Gasteiger partial charge in [-0.15, -0.1) is 0 Å². The fourth-order valence-electron chi connectivity index (χ4n) is 1.83. The normalized spacial score (nSPS) is 12.0. The molecule has 1 N–H and O–H groups in total. The molecular weight excluding hydrogens is 320 g/mol. The molecule has 10 nitrogen and oxygen atoms in total. The Morgan fingerprint density at radius 2 is 2.00 bits per heavy atom. The van der Waals surface area contributed by atoms with E-state index in [9.17, 15) is 19.7 Å². The van der Waals surface area contributed by atoms with Gasteiger partial charge in [-0.25, -0.2) is 25.1 Å². The Labute approximate surface area is 138 Å². The molecule has 0 spiro atoms. The summed E-state index contributed by atoms with van der Waals surface area (Å²) in [5.74, 6) is -0.869. The molecule has 1 rings (SSSR count). The Morgan fingerprint density at radius 3 is 2.50 bits per heavy atom. The molecule has 0 fully saturated rings. The average molecular weight is 338 g/mol. The summed E-state index contributed by atoms with van der Waals surface area (Å²) in [7, 11) is 1.14. The van der Waals surface area contributed by atoms with Crippen LogP contribution in [0.4, 0.5) is 10.5 Å². The molecule has 1 unspecified atom stereocenters. The highest BCUT2D eigenvalue weighted by molar-refractivity contribution is 6.07. The summed E-state index contributed by atoms with van der Waals surface area (Å²) in [5, 5.41) is 15.1. The molecule has 0 aliphatic carbocycles. The van der Waals surface area contributed by atoms with Crippen LogP contribution >= 0.6 is 0 Å². The lowest BCUT2D eigenvalue weighted by Crippen LogP contribution is -2.50. The number of nitro groups is 1. The molecule has 1 aromatic rings. The number of anilines is 1. The van der Waals surface area contributed by atoms with E-state index in [-0.39, 0.29) is 18.0 Å². The molecule has 0 radical (unpaired) electrons. The molecule has 1 atom stereocenters. The third-order valence-corrected chi connectivity index (χ3v) is 2.86. The first-order chi connectivity index (χ1) is 11.4. The van der Waals surface area contributed by atoms with Crippen LogP contribution in [0.2, 0.25) is 0 Å². The Balaban J connectivity index is 3.26. The van der Waals surface area contributed by atoms with E-state index in [1.165, 1.54) is 19.1 Å². The summed E-state index contributed by atoms with van der Waals surface area (Å²) in [4.78, 5) is 34.8. The van der Waals surface area contributed by atoms with Gasteiger partial charge in [-0.1, -0.05) is 23.2 Å². The number of benzene rings is 1. The first-order valence-electron chi connectivity index (χ1n) is 6.95. The van der Waals surface area contributed by atoms with Crippen molar-refractivity contribution >= 4 is 23.5 Å². The highest BCUT2D eigenvalue weighted by Crippen LogP contribution is 2.18. The lowest BCUT2D eigenvalue weighted by atomic mass is 10.1. The zero-order valence-corrected chi connectivity index (χ0v) is 13.5. The average Bonchev–Trinajstić information content (AvgIpc) is 2.57. The van der Waals surface area contributed by atoms with Gasteiger partial charge in [0.1, 0.15) is 5.69 Å². The Kier molecular flexibility index (Phi) is 7.14. The highest BCUT2D eigenvalue weighted by atomic mass is 16.7. The van der Waals surface area contributed by atoms with Gasteiger partial charge < -0.3 is 9.47 Å². The molecule has 24 heavy (non-hydrogen) atoms. The topological polar surface area (TPSA) is 123 Å². The summed E-state index contributed by atoms with van der Waals surface area (Å²) in [6.07, 6.45) is -0.871. The number of esters is 1. The van der Waals surface area contributed by atoms with Crippen LogP contribution < -0.4 is 10.4 Å². The highest BCUT2D eigenvalue weighted by Gasteiger charge is 2.38. The van der Waals surface area contributed by atoms with Gasteiger partial charge in [0, 0.05) is 0 Å². The molecule has 0 saturated heterocycles. The Hall–Kier alpha value is -3.17. The number of ether oxygens (including phenoxy) is 2. The van der Waals surface area contributed by atoms with Gasteiger partial charge in [0.25, 0.3) is 0 Å². The minimum absolute atomic E-state index is 0.0351. The van der Waals surface area contributed by atoms with Crippen molar-refractivity contribution < 1.29 is 24.1 Å². The largest absolute Gasteiger partial charge is 0.464 e. The van der Waals surface area contributed by atoms with Crippen LogP contribution in [0.15, 0.2) is 35.4 Å².